The van der Waals surface area contributed by atoms with Crippen LogP contribution in [0.4, 0.5) is 28.6 Å². The molecular weight excluding hydrogens is 464 g/mol. The molecule has 8 nitrogen and oxygen atoms in total. The number of carbonyl (C=O) groups excluding carboxylic acids is 1. The van der Waals surface area contributed by atoms with Crippen molar-refractivity contribution in [2.24, 2.45) is 0 Å². The molecule has 0 spiro atoms. The molecule has 0 unspecified atom stereocenters. The monoisotopic (exact) mass is 480 g/mol. The molecule has 1 heterocycles. The average Bonchev–Trinajstić information content (AvgIpc) is 2.69. The van der Waals surface area contributed by atoms with E-state index in [9.17, 15) is 22.8 Å². The van der Waals surface area contributed by atoms with Gasteiger partial charge in [-0.3, -0.25) is 4.90 Å². The number of hydrogen-bond acceptors (Lipinski definition) is 4. The highest BCUT2D eigenvalue weighted by atomic mass is 35.5. The van der Waals surface area contributed by atoms with E-state index in [0.29, 0.717) is 0 Å². The van der Waals surface area contributed by atoms with Gasteiger partial charge in [0.25, 0.3) is 6.43 Å². The van der Waals surface area contributed by atoms with Gasteiger partial charge in [0.15, 0.2) is 11.6 Å². The number of nitrogens with zero attached hydrogens (tertiary/aromatic N) is 3. The number of halogens is 5. The van der Waals surface area contributed by atoms with Gasteiger partial charge >= 0.3 is 12.1 Å². The van der Waals surface area contributed by atoms with Crippen LogP contribution in [-0.4, -0.2) is 53.8 Å². The lowest BCUT2D eigenvalue weighted by Crippen LogP contribution is -2.51. The number of aromatic nitrogens is 1. The van der Waals surface area contributed by atoms with Gasteiger partial charge in [-0.05, 0) is 25.1 Å². The van der Waals surface area contributed by atoms with Gasteiger partial charge in [-0.1, -0.05) is 23.2 Å². The predicted molar refractivity (Wildman–Crippen MR) is 108 cm³/mol. The molecule has 0 aliphatic carbocycles. The first-order chi connectivity index (χ1) is 14.5. The molecule has 0 fully saturated rings. The van der Waals surface area contributed by atoms with Crippen molar-refractivity contribution in [1.29, 1.82) is 0 Å². The van der Waals surface area contributed by atoms with E-state index in [4.69, 9.17) is 33.0 Å². The minimum absolute atomic E-state index is 0.0268. The largest absolute Gasteiger partial charge is 0.485 e. The Morgan fingerprint density at radius 3 is 2.52 bits per heavy atom. The van der Waals surface area contributed by atoms with Crippen LogP contribution in [0, 0.1) is 5.82 Å². The lowest BCUT2D eigenvalue weighted by atomic mass is 10.1. The quantitative estimate of drug-likeness (QED) is 0.573. The first kappa shape index (κ1) is 24.4. The van der Waals surface area contributed by atoms with Crippen molar-refractivity contribution in [1.82, 2.24) is 15.4 Å². The fourth-order valence-corrected chi connectivity index (χ4v) is 3.09. The number of carboxylic acid groups (broad SMARTS) is 1. The van der Waals surface area contributed by atoms with Crippen molar-refractivity contribution in [3.63, 3.8) is 0 Å². The van der Waals surface area contributed by atoms with E-state index in [0.717, 1.165) is 16.0 Å². The Balaban J connectivity index is 2.40. The van der Waals surface area contributed by atoms with Crippen LogP contribution >= 0.6 is 23.2 Å². The van der Waals surface area contributed by atoms with E-state index in [-0.39, 0.29) is 33.5 Å². The highest BCUT2D eigenvalue weighted by Gasteiger charge is 2.24. The van der Waals surface area contributed by atoms with Crippen molar-refractivity contribution >= 4 is 41.1 Å². The second kappa shape index (κ2) is 10.4. The molecule has 31 heavy (non-hydrogen) atoms. The fourth-order valence-electron chi connectivity index (χ4n) is 2.54. The molecule has 2 aromatic rings. The SMILES string of the molecule is CCN(NC(=O)O)C(=O)N(C)c1ncc(-c2cc(Cl)cc(Cl)c2OCC(F)F)cc1F. The lowest BCUT2D eigenvalue weighted by Gasteiger charge is -2.26. The van der Waals surface area contributed by atoms with Crippen LogP contribution in [0.2, 0.25) is 10.0 Å². The normalized spacial score (nSPS) is 10.7. The summed E-state index contributed by atoms with van der Waals surface area (Å²) in [5.74, 6) is -1.48. The number of carbonyl (C=O) groups is 2. The summed E-state index contributed by atoms with van der Waals surface area (Å²) >= 11 is 12.0. The van der Waals surface area contributed by atoms with Gasteiger partial charge < -0.3 is 9.84 Å². The number of ether oxygens (including phenoxy) is 1. The third kappa shape index (κ3) is 6.05. The van der Waals surface area contributed by atoms with Gasteiger partial charge in [-0.2, -0.15) is 0 Å². The van der Waals surface area contributed by atoms with E-state index >= 15 is 0 Å². The molecule has 0 aliphatic heterocycles. The van der Waals surface area contributed by atoms with Crippen molar-refractivity contribution in [3.8, 4) is 16.9 Å². The van der Waals surface area contributed by atoms with Crippen molar-refractivity contribution in [3.05, 3.63) is 40.3 Å². The van der Waals surface area contributed by atoms with Crippen molar-refractivity contribution < 1.29 is 32.6 Å². The van der Waals surface area contributed by atoms with Gasteiger partial charge in [0.2, 0.25) is 0 Å². The summed E-state index contributed by atoms with van der Waals surface area (Å²) < 4.78 is 45.0. The van der Waals surface area contributed by atoms with E-state index in [1.807, 2.05) is 5.43 Å². The number of hydrazine groups is 1. The molecule has 0 bridgehead atoms. The maximum atomic E-state index is 14.8. The van der Waals surface area contributed by atoms with E-state index in [2.05, 4.69) is 4.98 Å². The molecule has 1 aromatic carbocycles. The second-order valence-corrected chi connectivity index (χ2v) is 6.84. The fraction of sp³-hybridized carbons (Fsp3) is 0.278. The van der Waals surface area contributed by atoms with Crippen LogP contribution in [0.3, 0.4) is 0 Å². The number of pyridine rings is 1. The second-order valence-electron chi connectivity index (χ2n) is 6.00. The van der Waals surface area contributed by atoms with Gasteiger partial charge in [0.05, 0.1) is 5.02 Å². The molecule has 0 saturated heterocycles. The van der Waals surface area contributed by atoms with Gasteiger partial charge in [0.1, 0.15) is 12.4 Å². The van der Waals surface area contributed by atoms with E-state index < -0.39 is 36.8 Å². The van der Waals surface area contributed by atoms with Crippen molar-refractivity contribution in [2.45, 2.75) is 13.3 Å². The van der Waals surface area contributed by atoms with E-state index in [1.54, 1.807) is 0 Å². The molecular formula is C18H17Cl2F3N4O4. The highest BCUT2D eigenvalue weighted by Crippen LogP contribution is 2.39. The maximum absolute atomic E-state index is 14.8. The Bertz CT molecular complexity index is 981. The summed E-state index contributed by atoms with van der Waals surface area (Å²) in [6.45, 7) is 0.544. The molecule has 2 rings (SSSR count). The van der Waals surface area contributed by atoms with Crippen LogP contribution in [0.1, 0.15) is 6.92 Å². The summed E-state index contributed by atoms with van der Waals surface area (Å²) in [4.78, 5) is 27.9. The number of nitrogens with one attached hydrogen (secondary N) is 1. The Morgan fingerprint density at radius 2 is 1.97 bits per heavy atom. The maximum Gasteiger partial charge on any atom is 0.423 e. The molecule has 0 atom stereocenters. The molecule has 0 radical (unpaired) electrons. The van der Waals surface area contributed by atoms with Crippen LogP contribution < -0.4 is 15.1 Å². The Hall–Kier alpha value is -2.92. The Kier molecular flexibility index (Phi) is 8.17. The van der Waals surface area contributed by atoms with Crippen LogP contribution in [0.5, 0.6) is 5.75 Å². The lowest BCUT2D eigenvalue weighted by molar-refractivity contribution is 0.0822. The number of amides is 3. The summed E-state index contributed by atoms with van der Waals surface area (Å²) in [6.07, 6.45) is -3.07. The van der Waals surface area contributed by atoms with Gasteiger partial charge in [0, 0.05) is 35.9 Å². The summed E-state index contributed by atoms with van der Waals surface area (Å²) in [5.41, 5.74) is 2.10. The number of rotatable bonds is 6. The Labute approximate surface area is 185 Å². The molecule has 3 amide bonds. The molecule has 168 valence electrons. The minimum atomic E-state index is -2.77. The van der Waals surface area contributed by atoms with E-state index in [1.165, 1.54) is 32.3 Å². The number of urea groups is 1. The summed E-state index contributed by atoms with van der Waals surface area (Å²) in [5, 5.41) is 9.62. The van der Waals surface area contributed by atoms with Crippen LogP contribution in [-0.2, 0) is 0 Å². The zero-order chi connectivity index (χ0) is 23.3. The van der Waals surface area contributed by atoms with Crippen LogP contribution in [0.15, 0.2) is 24.4 Å². The average molecular weight is 481 g/mol. The van der Waals surface area contributed by atoms with Gasteiger partial charge in [-0.25, -0.2) is 38.2 Å². The number of alkyl halides is 2. The molecule has 13 heteroatoms. The summed E-state index contributed by atoms with van der Waals surface area (Å²) in [7, 11) is 1.20. The zero-order valence-corrected chi connectivity index (χ0v) is 17.7. The minimum Gasteiger partial charge on any atom is -0.485 e. The molecule has 0 saturated carbocycles. The van der Waals surface area contributed by atoms with Gasteiger partial charge in [-0.15, -0.1) is 0 Å². The first-order valence-corrected chi connectivity index (χ1v) is 9.41. The first-order valence-electron chi connectivity index (χ1n) is 8.65. The molecule has 1 aromatic heterocycles. The van der Waals surface area contributed by atoms with Crippen molar-refractivity contribution in [2.75, 3.05) is 25.1 Å². The third-order valence-corrected chi connectivity index (χ3v) is 4.38. The number of hydrogen-bond donors (Lipinski definition) is 2. The van der Waals surface area contributed by atoms with Crippen LogP contribution in [0.25, 0.3) is 11.1 Å². The summed E-state index contributed by atoms with van der Waals surface area (Å²) in [6, 6.07) is 2.74. The standard InChI is InChI=1S/C18H17Cl2F3N4O4/c1-3-27(25-17(28)29)18(30)26(2)16-13(21)4-9(7-24-16)11-5-10(19)6-12(20)15(11)31-8-14(22)23/h4-7,14,25H,3,8H2,1-2H3,(H,28,29). The third-order valence-electron chi connectivity index (χ3n) is 3.88. The Morgan fingerprint density at radius 1 is 1.29 bits per heavy atom. The molecule has 2 N–H and O–H groups in total. The molecule has 0 aliphatic rings. The predicted octanol–water partition coefficient (Wildman–Crippen LogP) is 4.90. The number of benzene rings is 1. The smallest absolute Gasteiger partial charge is 0.423 e. The number of anilines is 1. The topological polar surface area (TPSA) is 95.0 Å². The zero-order valence-electron chi connectivity index (χ0n) is 16.2. The highest BCUT2D eigenvalue weighted by molar-refractivity contribution is 6.36.